The molecule has 0 radical (unpaired) electrons. The number of halogens is 3. The van der Waals surface area contributed by atoms with Crippen LogP contribution in [-0.2, 0) is 14.3 Å². The van der Waals surface area contributed by atoms with Crippen LogP contribution in [0.25, 0.3) is 0 Å². The quantitative estimate of drug-likeness (QED) is 0.680. The number of hydrogen-bond donors (Lipinski definition) is 1. The maximum Gasteiger partial charge on any atom is 0.332 e. The highest BCUT2D eigenvalue weighted by molar-refractivity contribution is 5.84. The molecule has 0 unspecified atom stereocenters. The molecule has 0 aliphatic heterocycles. The SMILES string of the molecule is CCOC(=O)[C@@H](NC(C)=O)[C@H](F)C#Cc1cc(F)cc(F)c1. The number of benzene rings is 1. The van der Waals surface area contributed by atoms with Crippen LogP contribution >= 0.6 is 0 Å². The Balaban J connectivity index is 2.95. The van der Waals surface area contributed by atoms with Crippen molar-refractivity contribution in [2.75, 3.05) is 6.61 Å². The first-order valence-electron chi connectivity index (χ1n) is 6.39. The number of alkyl halides is 1. The molecule has 0 bridgehead atoms. The minimum Gasteiger partial charge on any atom is -0.464 e. The van der Waals surface area contributed by atoms with E-state index in [-0.39, 0.29) is 12.2 Å². The molecule has 0 saturated heterocycles. The molecule has 1 aromatic carbocycles. The normalized spacial score (nSPS) is 12.6. The summed E-state index contributed by atoms with van der Waals surface area (Å²) in [6, 6.07) is 0.876. The molecule has 0 spiro atoms. The van der Waals surface area contributed by atoms with E-state index in [0.717, 1.165) is 19.1 Å². The van der Waals surface area contributed by atoms with Crippen LogP contribution in [0.4, 0.5) is 13.2 Å². The molecule has 0 aliphatic carbocycles. The van der Waals surface area contributed by atoms with Gasteiger partial charge in [-0.15, -0.1) is 0 Å². The lowest BCUT2D eigenvalue weighted by Gasteiger charge is -2.16. The van der Waals surface area contributed by atoms with Gasteiger partial charge in [-0.25, -0.2) is 18.0 Å². The lowest BCUT2D eigenvalue weighted by molar-refractivity contribution is -0.148. The smallest absolute Gasteiger partial charge is 0.332 e. The van der Waals surface area contributed by atoms with Crippen molar-refractivity contribution in [1.29, 1.82) is 0 Å². The molecule has 0 aromatic heterocycles. The summed E-state index contributed by atoms with van der Waals surface area (Å²) < 4.78 is 44.6. The number of nitrogens with one attached hydrogen (secondary N) is 1. The van der Waals surface area contributed by atoms with E-state index in [4.69, 9.17) is 0 Å². The van der Waals surface area contributed by atoms with E-state index in [1.54, 1.807) is 0 Å². The van der Waals surface area contributed by atoms with Gasteiger partial charge in [-0.1, -0.05) is 11.8 Å². The third kappa shape index (κ3) is 5.48. The van der Waals surface area contributed by atoms with Gasteiger partial charge in [-0.3, -0.25) is 4.79 Å². The number of amides is 1. The Morgan fingerprint density at radius 3 is 2.36 bits per heavy atom. The topological polar surface area (TPSA) is 55.4 Å². The van der Waals surface area contributed by atoms with Crippen molar-refractivity contribution in [2.45, 2.75) is 26.1 Å². The van der Waals surface area contributed by atoms with E-state index in [1.165, 1.54) is 6.92 Å². The van der Waals surface area contributed by atoms with E-state index in [2.05, 4.69) is 16.0 Å². The third-order valence-corrected chi connectivity index (χ3v) is 2.41. The molecular weight excluding hydrogens is 299 g/mol. The first-order valence-corrected chi connectivity index (χ1v) is 6.39. The van der Waals surface area contributed by atoms with Crippen LogP contribution in [0.1, 0.15) is 19.4 Å². The number of esters is 1. The molecule has 1 rings (SSSR count). The molecule has 0 fully saturated rings. The first kappa shape index (κ1) is 17.6. The number of rotatable bonds is 4. The van der Waals surface area contributed by atoms with Crippen LogP contribution in [0.2, 0.25) is 0 Å². The van der Waals surface area contributed by atoms with Crippen LogP contribution in [-0.4, -0.2) is 30.7 Å². The Kier molecular flexibility index (Phi) is 6.45. The first-order chi connectivity index (χ1) is 10.3. The monoisotopic (exact) mass is 313 g/mol. The molecule has 22 heavy (non-hydrogen) atoms. The predicted molar refractivity (Wildman–Crippen MR) is 72.4 cm³/mol. The average Bonchev–Trinajstić information content (AvgIpc) is 2.41. The van der Waals surface area contributed by atoms with Crippen molar-refractivity contribution in [1.82, 2.24) is 5.32 Å². The largest absolute Gasteiger partial charge is 0.464 e. The minimum absolute atomic E-state index is 0.00414. The van der Waals surface area contributed by atoms with Crippen LogP contribution < -0.4 is 5.32 Å². The van der Waals surface area contributed by atoms with Crippen molar-refractivity contribution >= 4 is 11.9 Å². The van der Waals surface area contributed by atoms with E-state index >= 15 is 0 Å². The zero-order valence-corrected chi connectivity index (χ0v) is 12.0. The second-order valence-corrected chi connectivity index (χ2v) is 4.26. The maximum atomic E-state index is 14.0. The average molecular weight is 313 g/mol. The summed E-state index contributed by atoms with van der Waals surface area (Å²) in [6.45, 7) is 2.63. The van der Waals surface area contributed by atoms with Crippen molar-refractivity contribution < 1.29 is 27.5 Å². The highest BCUT2D eigenvalue weighted by Gasteiger charge is 2.29. The molecule has 1 aromatic rings. The van der Waals surface area contributed by atoms with E-state index in [9.17, 15) is 22.8 Å². The van der Waals surface area contributed by atoms with Crippen LogP contribution in [0.15, 0.2) is 18.2 Å². The van der Waals surface area contributed by atoms with Crippen molar-refractivity contribution in [3.05, 3.63) is 35.4 Å². The number of carbonyl (C=O) groups is 2. The van der Waals surface area contributed by atoms with Gasteiger partial charge in [-0.05, 0) is 19.1 Å². The summed E-state index contributed by atoms with van der Waals surface area (Å²) in [4.78, 5) is 22.6. The predicted octanol–water partition coefficient (Wildman–Crippen LogP) is 1.72. The Morgan fingerprint density at radius 2 is 1.86 bits per heavy atom. The van der Waals surface area contributed by atoms with Gasteiger partial charge in [0.1, 0.15) is 11.6 Å². The Hall–Kier alpha value is -2.49. The lowest BCUT2D eigenvalue weighted by atomic mass is 10.1. The van der Waals surface area contributed by atoms with Gasteiger partial charge in [0.15, 0.2) is 12.2 Å². The number of hydrogen-bond acceptors (Lipinski definition) is 3. The van der Waals surface area contributed by atoms with Gasteiger partial charge >= 0.3 is 5.97 Å². The maximum absolute atomic E-state index is 14.0. The fourth-order valence-corrected chi connectivity index (χ4v) is 1.56. The molecule has 1 N–H and O–H groups in total. The van der Waals surface area contributed by atoms with Crippen molar-refractivity contribution in [2.24, 2.45) is 0 Å². The van der Waals surface area contributed by atoms with E-state index in [0.29, 0.717) is 6.07 Å². The molecule has 4 nitrogen and oxygen atoms in total. The van der Waals surface area contributed by atoms with Crippen molar-refractivity contribution in [3.8, 4) is 11.8 Å². The highest BCUT2D eigenvalue weighted by atomic mass is 19.1. The lowest BCUT2D eigenvalue weighted by Crippen LogP contribution is -2.46. The molecular formula is C15H14F3NO3. The summed E-state index contributed by atoms with van der Waals surface area (Å²) >= 11 is 0. The fourth-order valence-electron chi connectivity index (χ4n) is 1.56. The Labute approximate surface area is 125 Å². The second-order valence-electron chi connectivity index (χ2n) is 4.26. The zero-order valence-electron chi connectivity index (χ0n) is 12.0. The molecule has 7 heteroatoms. The van der Waals surface area contributed by atoms with E-state index < -0.39 is 35.7 Å². The van der Waals surface area contributed by atoms with Crippen LogP contribution in [0.3, 0.4) is 0 Å². The Bertz CT molecular complexity index is 602. The van der Waals surface area contributed by atoms with Gasteiger partial charge in [0.2, 0.25) is 5.91 Å². The molecule has 0 aliphatic rings. The van der Waals surface area contributed by atoms with Gasteiger partial charge in [0.25, 0.3) is 0 Å². The van der Waals surface area contributed by atoms with Crippen LogP contribution in [0.5, 0.6) is 0 Å². The van der Waals surface area contributed by atoms with Gasteiger partial charge in [0.05, 0.1) is 6.61 Å². The summed E-state index contributed by atoms with van der Waals surface area (Å²) in [5.74, 6) is 0.908. The number of carbonyl (C=O) groups excluding carboxylic acids is 2. The Morgan fingerprint density at radius 1 is 1.27 bits per heavy atom. The van der Waals surface area contributed by atoms with Gasteiger partial charge in [0, 0.05) is 18.6 Å². The second kappa shape index (κ2) is 8.08. The summed E-state index contributed by atoms with van der Waals surface area (Å²) in [5, 5.41) is 2.08. The standard InChI is InChI=1S/C15H14F3NO3/c1-3-22-15(21)14(19-9(2)20)13(18)5-4-10-6-11(16)8-12(17)7-10/h6-8,13-14H,3H2,1-2H3,(H,19,20)/t13-,14+/m1/s1. The third-order valence-electron chi connectivity index (χ3n) is 2.41. The zero-order chi connectivity index (χ0) is 16.7. The van der Waals surface area contributed by atoms with Crippen molar-refractivity contribution in [3.63, 3.8) is 0 Å². The highest BCUT2D eigenvalue weighted by Crippen LogP contribution is 2.08. The van der Waals surface area contributed by atoms with Gasteiger partial charge < -0.3 is 10.1 Å². The van der Waals surface area contributed by atoms with E-state index in [1.807, 2.05) is 5.92 Å². The summed E-state index contributed by atoms with van der Waals surface area (Å²) in [6.07, 6.45) is -2.09. The molecule has 0 heterocycles. The number of ether oxygens (including phenoxy) is 1. The minimum atomic E-state index is -2.09. The molecule has 0 saturated carbocycles. The summed E-state index contributed by atoms with van der Waals surface area (Å²) in [5.41, 5.74) is -0.0921. The molecule has 118 valence electrons. The van der Waals surface area contributed by atoms with Crippen LogP contribution in [0, 0.1) is 23.5 Å². The molecule has 1 amide bonds. The molecule has 2 atom stereocenters. The van der Waals surface area contributed by atoms with Gasteiger partial charge in [-0.2, -0.15) is 0 Å². The fraction of sp³-hybridized carbons (Fsp3) is 0.333. The summed E-state index contributed by atoms with van der Waals surface area (Å²) in [7, 11) is 0.